The summed E-state index contributed by atoms with van der Waals surface area (Å²) in [5.41, 5.74) is 1.64. The Hall–Kier alpha value is -3.10. The molecule has 2 aromatic carbocycles. The van der Waals surface area contributed by atoms with Crippen molar-refractivity contribution in [2.45, 2.75) is 20.0 Å². The fraction of sp³-hybridized carbons (Fsp3) is 0.417. The van der Waals surface area contributed by atoms with Gasteiger partial charge in [0.15, 0.2) is 11.5 Å². The number of fused-ring (bicyclic) bond motifs is 1. The molecule has 170 valence electrons. The third-order valence-electron chi connectivity index (χ3n) is 5.61. The van der Waals surface area contributed by atoms with Crippen LogP contribution in [0.4, 0.5) is 0 Å². The highest BCUT2D eigenvalue weighted by atomic mass is 16.5. The normalized spacial score (nSPS) is 14.5. The average molecular weight is 440 g/mol. The Bertz CT molecular complexity index is 1120. The van der Waals surface area contributed by atoms with Crippen molar-refractivity contribution in [3.63, 3.8) is 0 Å². The van der Waals surface area contributed by atoms with Gasteiger partial charge in [-0.05, 0) is 25.1 Å². The van der Waals surface area contributed by atoms with E-state index < -0.39 is 0 Å². The minimum absolute atomic E-state index is 0.119. The second-order valence-electron chi connectivity index (χ2n) is 7.76. The summed E-state index contributed by atoms with van der Waals surface area (Å²) < 4.78 is 23.9. The Balaban J connectivity index is 1.67. The van der Waals surface area contributed by atoms with Gasteiger partial charge in [0, 0.05) is 19.2 Å². The fourth-order valence-corrected chi connectivity index (χ4v) is 3.79. The summed E-state index contributed by atoms with van der Waals surface area (Å²) in [7, 11) is 3.12. The van der Waals surface area contributed by atoms with Crippen molar-refractivity contribution < 1.29 is 18.9 Å². The summed E-state index contributed by atoms with van der Waals surface area (Å²) in [5.74, 6) is 2.52. The lowest BCUT2D eigenvalue weighted by Gasteiger charge is -2.27. The zero-order chi connectivity index (χ0) is 22.5. The van der Waals surface area contributed by atoms with Crippen LogP contribution in [0.25, 0.3) is 10.9 Å². The summed E-state index contributed by atoms with van der Waals surface area (Å²) in [6, 6.07) is 11.3. The summed E-state index contributed by atoms with van der Waals surface area (Å²) >= 11 is 0. The zero-order valence-electron chi connectivity index (χ0n) is 18.8. The summed E-state index contributed by atoms with van der Waals surface area (Å²) in [6.07, 6.45) is 0. The van der Waals surface area contributed by atoms with E-state index in [4.69, 9.17) is 23.9 Å². The quantitative estimate of drug-likeness (QED) is 0.534. The van der Waals surface area contributed by atoms with Crippen LogP contribution >= 0.6 is 0 Å². The van der Waals surface area contributed by atoms with E-state index in [0.29, 0.717) is 61.1 Å². The van der Waals surface area contributed by atoms with Crippen LogP contribution in [-0.2, 0) is 17.8 Å². The van der Waals surface area contributed by atoms with Crippen molar-refractivity contribution in [2.75, 3.05) is 47.1 Å². The maximum atomic E-state index is 13.5. The van der Waals surface area contributed by atoms with Gasteiger partial charge in [-0.3, -0.25) is 14.3 Å². The number of benzene rings is 2. The van der Waals surface area contributed by atoms with Crippen LogP contribution in [0.2, 0.25) is 0 Å². The van der Waals surface area contributed by atoms with Gasteiger partial charge in [-0.1, -0.05) is 17.7 Å². The van der Waals surface area contributed by atoms with E-state index >= 15 is 0 Å². The largest absolute Gasteiger partial charge is 0.493 e. The second kappa shape index (κ2) is 10.0. The summed E-state index contributed by atoms with van der Waals surface area (Å²) in [4.78, 5) is 20.6. The van der Waals surface area contributed by atoms with Gasteiger partial charge in [0.2, 0.25) is 0 Å². The first-order valence-corrected chi connectivity index (χ1v) is 10.7. The average Bonchev–Trinajstić information content (AvgIpc) is 2.82. The Morgan fingerprint density at radius 3 is 2.41 bits per heavy atom. The molecule has 1 aliphatic heterocycles. The molecular weight excluding hydrogens is 410 g/mol. The summed E-state index contributed by atoms with van der Waals surface area (Å²) in [6.45, 7) is 6.32. The maximum absolute atomic E-state index is 13.5. The van der Waals surface area contributed by atoms with E-state index in [0.717, 1.165) is 18.8 Å². The van der Waals surface area contributed by atoms with E-state index in [1.54, 1.807) is 30.9 Å². The molecule has 3 aromatic rings. The molecule has 0 N–H and O–H groups in total. The molecule has 4 rings (SSSR count). The van der Waals surface area contributed by atoms with Crippen molar-refractivity contribution in [1.82, 2.24) is 14.5 Å². The molecule has 32 heavy (non-hydrogen) atoms. The highest BCUT2D eigenvalue weighted by Crippen LogP contribution is 2.30. The molecule has 1 aromatic heterocycles. The molecule has 1 saturated heterocycles. The number of methoxy groups -OCH3 is 2. The molecule has 0 amide bonds. The first-order chi connectivity index (χ1) is 15.6. The SMILES string of the molecule is COc1cc2nc(CN3CCOCC3)n(CCOc3ccc(C)cc3)c(=O)c2cc1OC. The monoisotopic (exact) mass is 439 g/mol. The van der Waals surface area contributed by atoms with Crippen LogP contribution in [0.5, 0.6) is 17.2 Å². The molecule has 8 heteroatoms. The van der Waals surface area contributed by atoms with E-state index in [-0.39, 0.29) is 5.56 Å². The van der Waals surface area contributed by atoms with Crippen molar-refractivity contribution in [3.05, 3.63) is 58.1 Å². The molecule has 8 nitrogen and oxygen atoms in total. The van der Waals surface area contributed by atoms with Crippen LogP contribution in [0, 0.1) is 6.92 Å². The third kappa shape index (κ3) is 4.87. The first kappa shape index (κ1) is 22.1. The minimum Gasteiger partial charge on any atom is -0.493 e. The Morgan fingerprint density at radius 1 is 1.03 bits per heavy atom. The van der Waals surface area contributed by atoms with E-state index in [1.165, 1.54) is 5.56 Å². The van der Waals surface area contributed by atoms with E-state index in [2.05, 4.69) is 4.90 Å². The van der Waals surface area contributed by atoms with E-state index in [1.807, 2.05) is 31.2 Å². The molecule has 0 atom stereocenters. The lowest BCUT2D eigenvalue weighted by Crippen LogP contribution is -2.38. The number of aryl methyl sites for hydroxylation is 1. The van der Waals surface area contributed by atoms with Gasteiger partial charge in [0.1, 0.15) is 18.2 Å². The topological polar surface area (TPSA) is 75.0 Å². The third-order valence-corrected chi connectivity index (χ3v) is 5.61. The van der Waals surface area contributed by atoms with Crippen molar-refractivity contribution in [2.24, 2.45) is 0 Å². The molecule has 0 unspecified atom stereocenters. The Labute approximate surface area is 187 Å². The first-order valence-electron chi connectivity index (χ1n) is 10.7. The van der Waals surface area contributed by atoms with Gasteiger partial charge in [-0.25, -0.2) is 4.98 Å². The molecule has 0 radical (unpaired) electrons. The van der Waals surface area contributed by atoms with Gasteiger partial charge in [-0.15, -0.1) is 0 Å². The number of rotatable bonds is 8. The number of aromatic nitrogens is 2. The fourth-order valence-electron chi connectivity index (χ4n) is 3.79. The van der Waals surface area contributed by atoms with Crippen molar-refractivity contribution in [1.29, 1.82) is 0 Å². The Morgan fingerprint density at radius 2 is 1.72 bits per heavy atom. The van der Waals surface area contributed by atoms with Gasteiger partial charge < -0.3 is 18.9 Å². The van der Waals surface area contributed by atoms with Crippen molar-refractivity contribution >= 4 is 10.9 Å². The number of hydrogen-bond donors (Lipinski definition) is 0. The molecule has 1 aliphatic rings. The zero-order valence-corrected chi connectivity index (χ0v) is 18.8. The second-order valence-corrected chi connectivity index (χ2v) is 7.76. The van der Waals surface area contributed by atoms with Gasteiger partial charge in [0.05, 0.1) is 51.4 Å². The highest BCUT2D eigenvalue weighted by molar-refractivity contribution is 5.82. The molecule has 2 heterocycles. The molecule has 0 aliphatic carbocycles. The van der Waals surface area contributed by atoms with Crippen molar-refractivity contribution in [3.8, 4) is 17.2 Å². The molecule has 0 saturated carbocycles. The lowest BCUT2D eigenvalue weighted by atomic mass is 10.2. The minimum atomic E-state index is -0.119. The Kier molecular flexibility index (Phi) is 6.92. The van der Waals surface area contributed by atoms with Crippen LogP contribution in [0.15, 0.2) is 41.2 Å². The van der Waals surface area contributed by atoms with E-state index in [9.17, 15) is 4.79 Å². The van der Waals surface area contributed by atoms with Gasteiger partial charge >= 0.3 is 0 Å². The number of hydrogen-bond acceptors (Lipinski definition) is 7. The number of nitrogens with zero attached hydrogens (tertiary/aromatic N) is 3. The van der Waals surface area contributed by atoms with Crippen LogP contribution in [-0.4, -0.2) is 61.6 Å². The smallest absolute Gasteiger partial charge is 0.261 e. The van der Waals surface area contributed by atoms with Crippen LogP contribution in [0.1, 0.15) is 11.4 Å². The molecule has 0 bridgehead atoms. The standard InChI is InChI=1S/C24H29N3O5/c1-17-4-6-18(7-5-17)32-13-10-27-23(16-26-8-11-31-12-9-26)25-20-15-22(30-3)21(29-2)14-19(20)24(27)28/h4-7,14-15H,8-13,16H2,1-3H3. The predicted octanol–water partition coefficient (Wildman–Crippen LogP) is 2.63. The van der Waals surface area contributed by atoms with Gasteiger partial charge in [-0.2, -0.15) is 0 Å². The molecular formula is C24H29N3O5. The lowest BCUT2D eigenvalue weighted by molar-refractivity contribution is 0.0323. The summed E-state index contributed by atoms with van der Waals surface area (Å²) in [5, 5.41) is 0.490. The van der Waals surface area contributed by atoms with Crippen LogP contribution < -0.4 is 19.8 Å². The van der Waals surface area contributed by atoms with Crippen LogP contribution in [0.3, 0.4) is 0 Å². The van der Waals surface area contributed by atoms with Gasteiger partial charge in [0.25, 0.3) is 5.56 Å². The molecule has 0 spiro atoms. The number of morpholine rings is 1. The highest BCUT2D eigenvalue weighted by Gasteiger charge is 2.18. The maximum Gasteiger partial charge on any atom is 0.261 e. The molecule has 1 fully saturated rings. The predicted molar refractivity (Wildman–Crippen MR) is 122 cm³/mol. The number of ether oxygens (including phenoxy) is 4.